The van der Waals surface area contributed by atoms with Gasteiger partial charge in [-0.3, -0.25) is 0 Å². The third kappa shape index (κ3) is 4.81. The first-order valence-electron chi connectivity index (χ1n) is 6.75. The van der Waals surface area contributed by atoms with Crippen LogP contribution in [0.4, 0.5) is 0 Å². The highest BCUT2D eigenvalue weighted by atomic mass is 16.3. The van der Waals surface area contributed by atoms with Crippen molar-refractivity contribution >= 4 is 0 Å². The summed E-state index contributed by atoms with van der Waals surface area (Å²) in [5.74, 6) is 0. The number of unbranched alkanes of at least 4 members (excludes halogenated alkanes) is 3. The molecular weight excluding hydrogens is 202 g/mol. The Hall–Kier alpha value is -0.120. The molecule has 1 aliphatic rings. The summed E-state index contributed by atoms with van der Waals surface area (Å²) >= 11 is 0. The lowest BCUT2D eigenvalue weighted by Crippen LogP contribution is -2.43. The van der Waals surface area contributed by atoms with E-state index in [9.17, 15) is 5.11 Å². The van der Waals surface area contributed by atoms with E-state index in [1.165, 1.54) is 25.7 Å². The number of hydrogen-bond acceptors (Lipinski definition) is 3. The summed E-state index contributed by atoms with van der Waals surface area (Å²) in [4.78, 5) is 2.32. The summed E-state index contributed by atoms with van der Waals surface area (Å²) in [5.41, 5.74) is 0. The molecule has 0 aromatic heterocycles. The van der Waals surface area contributed by atoms with Crippen molar-refractivity contribution in [2.45, 2.75) is 63.5 Å². The predicted molar refractivity (Wildman–Crippen MR) is 66.4 cm³/mol. The van der Waals surface area contributed by atoms with Gasteiger partial charge in [0.1, 0.15) is 0 Å². The van der Waals surface area contributed by atoms with E-state index in [1.54, 1.807) is 0 Å². The topological polar surface area (TPSA) is 43.7 Å². The zero-order valence-electron chi connectivity index (χ0n) is 10.6. The Morgan fingerprint density at radius 2 is 1.75 bits per heavy atom. The van der Waals surface area contributed by atoms with Crippen molar-refractivity contribution in [2.75, 3.05) is 20.2 Å². The van der Waals surface area contributed by atoms with Crippen molar-refractivity contribution in [2.24, 2.45) is 0 Å². The van der Waals surface area contributed by atoms with Crippen LogP contribution in [-0.4, -0.2) is 47.5 Å². The summed E-state index contributed by atoms with van der Waals surface area (Å²) < 4.78 is 0. The highest BCUT2D eigenvalue weighted by Crippen LogP contribution is 2.22. The molecule has 2 unspecified atom stereocenters. The second kappa shape index (κ2) is 8.04. The summed E-state index contributed by atoms with van der Waals surface area (Å²) in [6.07, 6.45) is 8.86. The fourth-order valence-corrected chi connectivity index (χ4v) is 2.60. The van der Waals surface area contributed by atoms with E-state index in [1.807, 2.05) is 0 Å². The van der Waals surface area contributed by atoms with Crippen LogP contribution < -0.4 is 0 Å². The molecule has 0 heterocycles. The van der Waals surface area contributed by atoms with Crippen molar-refractivity contribution in [3.05, 3.63) is 0 Å². The molecule has 3 heteroatoms. The summed E-state index contributed by atoms with van der Waals surface area (Å²) in [5, 5.41) is 18.6. The number of nitrogens with zero attached hydrogens (tertiary/aromatic N) is 1. The molecule has 1 rings (SSSR count). The van der Waals surface area contributed by atoms with Crippen molar-refractivity contribution < 1.29 is 10.2 Å². The summed E-state index contributed by atoms with van der Waals surface area (Å²) in [6, 6.07) is 0.381. The van der Waals surface area contributed by atoms with Crippen LogP contribution >= 0.6 is 0 Å². The Kier molecular flexibility index (Phi) is 7.01. The molecule has 1 fully saturated rings. The molecule has 1 aliphatic carbocycles. The standard InChI is InChI=1S/C13H27NO2/c1-14(10-6-2-3-7-11-15)12-8-4-5-9-13(12)16/h12-13,15-16H,2-11H2,1H3. The molecule has 0 aromatic rings. The minimum atomic E-state index is -0.115. The molecule has 16 heavy (non-hydrogen) atoms. The molecule has 0 radical (unpaired) electrons. The zero-order chi connectivity index (χ0) is 11.8. The van der Waals surface area contributed by atoms with E-state index in [-0.39, 0.29) is 6.10 Å². The maximum absolute atomic E-state index is 9.91. The van der Waals surface area contributed by atoms with Gasteiger partial charge < -0.3 is 15.1 Å². The average molecular weight is 229 g/mol. The maximum atomic E-state index is 9.91. The second-order valence-electron chi connectivity index (χ2n) is 5.04. The fourth-order valence-electron chi connectivity index (χ4n) is 2.60. The van der Waals surface area contributed by atoms with Crippen LogP contribution in [0.3, 0.4) is 0 Å². The Labute approximate surface area is 99.5 Å². The van der Waals surface area contributed by atoms with Gasteiger partial charge in [-0.2, -0.15) is 0 Å². The second-order valence-corrected chi connectivity index (χ2v) is 5.04. The Morgan fingerprint density at radius 3 is 2.44 bits per heavy atom. The lowest BCUT2D eigenvalue weighted by molar-refractivity contribution is 0.0315. The van der Waals surface area contributed by atoms with Crippen molar-refractivity contribution in [1.29, 1.82) is 0 Å². The highest BCUT2D eigenvalue weighted by molar-refractivity contribution is 4.81. The van der Waals surface area contributed by atoms with Gasteiger partial charge in [0, 0.05) is 12.6 Å². The van der Waals surface area contributed by atoms with Crippen molar-refractivity contribution in [1.82, 2.24) is 4.90 Å². The molecule has 0 amide bonds. The monoisotopic (exact) mass is 229 g/mol. The Bertz CT molecular complexity index is 175. The lowest BCUT2D eigenvalue weighted by atomic mass is 9.91. The van der Waals surface area contributed by atoms with Gasteiger partial charge in [-0.15, -0.1) is 0 Å². The van der Waals surface area contributed by atoms with Gasteiger partial charge in [0.25, 0.3) is 0 Å². The van der Waals surface area contributed by atoms with Gasteiger partial charge in [0.15, 0.2) is 0 Å². The molecule has 96 valence electrons. The van der Waals surface area contributed by atoms with Crippen LogP contribution in [0.5, 0.6) is 0 Å². The van der Waals surface area contributed by atoms with E-state index in [0.29, 0.717) is 12.6 Å². The number of hydrogen-bond donors (Lipinski definition) is 2. The number of likely N-dealkylation sites (N-methyl/N-ethyl adjacent to an activating group) is 1. The number of aliphatic hydroxyl groups is 2. The fraction of sp³-hybridized carbons (Fsp3) is 1.00. The van der Waals surface area contributed by atoms with Crippen LogP contribution in [0.2, 0.25) is 0 Å². The smallest absolute Gasteiger partial charge is 0.0695 e. The largest absolute Gasteiger partial charge is 0.396 e. The van der Waals surface area contributed by atoms with E-state index < -0.39 is 0 Å². The van der Waals surface area contributed by atoms with E-state index >= 15 is 0 Å². The molecular formula is C13H27NO2. The first-order valence-corrected chi connectivity index (χ1v) is 6.75. The lowest BCUT2D eigenvalue weighted by Gasteiger charge is -2.35. The van der Waals surface area contributed by atoms with E-state index in [4.69, 9.17) is 5.11 Å². The molecule has 0 aliphatic heterocycles. The molecule has 2 atom stereocenters. The third-order valence-corrected chi connectivity index (χ3v) is 3.68. The zero-order valence-corrected chi connectivity index (χ0v) is 10.6. The number of rotatable bonds is 7. The van der Waals surface area contributed by atoms with Crippen LogP contribution in [-0.2, 0) is 0 Å². The summed E-state index contributed by atoms with van der Waals surface area (Å²) in [7, 11) is 2.13. The molecule has 1 saturated carbocycles. The minimum Gasteiger partial charge on any atom is -0.396 e. The normalized spacial score (nSPS) is 26.2. The van der Waals surface area contributed by atoms with Crippen LogP contribution in [0, 0.1) is 0 Å². The summed E-state index contributed by atoms with van der Waals surface area (Å²) in [6.45, 7) is 1.39. The highest BCUT2D eigenvalue weighted by Gasteiger charge is 2.25. The minimum absolute atomic E-state index is 0.115. The van der Waals surface area contributed by atoms with Crippen LogP contribution in [0.15, 0.2) is 0 Å². The molecule has 0 bridgehead atoms. The van der Waals surface area contributed by atoms with Gasteiger partial charge in [0.2, 0.25) is 0 Å². The Balaban J connectivity index is 2.10. The number of aliphatic hydroxyl groups excluding tert-OH is 2. The van der Waals surface area contributed by atoms with Gasteiger partial charge in [0.05, 0.1) is 6.10 Å². The average Bonchev–Trinajstić information content (AvgIpc) is 2.29. The molecule has 0 aromatic carbocycles. The quantitative estimate of drug-likeness (QED) is 0.654. The van der Waals surface area contributed by atoms with Crippen LogP contribution in [0.25, 0.3) is 0 Å². The predicted octanol–water partition coefficient (Wildman–Crippen LogP) is 1.77. The SMILES string of the molecule is CN(CCCCCCO)C1CCCCC1O. The van der Waals surface area contributed by atoms with Gasteiger partial charge in [-0.05, 0) is 39.3 Å². The molecule has 2 N–H and O–H groups in total. The van der Waals surface area contributed by atoms with Gasteiger partial charge in [-0.25, -0.2) is 0 Å². The van der Waals surface area contributed by atoms with E-state index in [0.717, 1.165) is 32.2 Å². The molecule has 0 saturated heterocycles. The first-order chi connectivity index (χ1) is 7.75. The molecule has 0 spiro atoms. The first kappa shape index (κ1) is 13.9. The van der Waals surface area contributed by atoms with Gasteiger partial charge >= 0.3 is 0 Å². The van der Waals surface area contributed by atoms with Crippen molar-refractivity contribution in [3.8, 4) is 0 Å². The molecule has 3 nitrogen and oxygen atoms in total. The van der Waals surface area contributed by atoms with Gasteiger partial charge in [-0.1, -0.05) is 25.7 Å². The van der Waals surface area contributed by atoms with Crippen molar-refractivity contribution in [3.63, 3.8) is 0 Å². The Morgan fingerprint density at radius 1 is 1.06 bits per heavy atom. The van der Waals surface area contributed by atoms with E-state index in [2.05, 4.69) is 11.9 Å². The van der Waals surface area contributed by atoms with Crippen LogP contribution in [0.1, 0.15) is 51.4 Å². The third-order valence-electron chi connectivity index (χ3n) is 3.68. The maximum Gasteiger partial charge on any atom is 0.0695 e.